The first-order chi connectivity index (χ1) is 6.27. The van der Waals surface area contributed by atoms with Crippen LogP contribution in [0.2, 0.25) is 0 Å². The van der Waals surface area contributed by atoms with Gasteiger partial charge in [0.05, 0.1) is 7.11 Å². The third kappa shape index (κ3) is 3.31. The van der Waals surface area contributed by atoms with Gasteiger partial charge in [-0.05, 0) is 30.5 Å². The molecule has 0 aliphatic rings. The molecule has 0 spiro atoms. The molecule has 0 atom stereocenters. The largest absolute Gasteiger partial charge is 0.496 e. The van der Waals surface area contributed by atoms with E-state index in [-0.39, 0.29) is 0 Å². The highest BCUT2D eigenvalue weighted by atomic mass is 79.9. The molecule has 1 nitrogen and oxygen atoms in total. The Morgan fingerprint density at radius 3 is 2.77 bits per heavy atom. The fourth-order valence-electron chi connectivity index (χ4n) is 1.18. The molecule has 0 aliphatic heterocycles. The molecule has 1 aromatic carbocycles. The van der Waals surface area contributed by atoms with Gasteiger partial charge in [-0.3, -0.25) is 0 Å². The molecule has 0 fully saturated rings. The lowest BCUT2D eigenvalue weighted by Gasteiger charge is -2.07. The maximum Gasteiger partial charge on any atom is 0.123 e. The van der Waals surface area contributed by atoms with Gasteiger partial charge in [-0.15, -0.1) is 0 Å². The summed E-state index contributed by atoms with van der Waals surface area (Å²) in [6, 6.07) is 6.15. The van der Waals surface area contributed by atoms with Gasteiger partial charge in [0.2, 0.25) is 0 Å². The second-order valence-corrected chi connectivity index (χ2v) is 4.46. The first kappa shape index (κ1) is 11.1. The normalized spacial score (nSPS) is 10.1. The number of alkyl halides is 1. The number of benzene rings is 1. The number of methoxy groups -OCH3 is 1. The second kappa shape index (κ2) is 5.66. The molecule has 1 rings (SSSR count). The highest BCUT2D eigenvalue weighted by Gasteiger charge is 2.02. The molecule has 13 heavy (non-hydrogen) atoms. The fraction of sp³-hybridized carbons (Fsp3) is 0.400. The molecule has 0 amide bonds. The van der Waals surface area contributed by atoms with E-state index in [0.29, 0.717) is 0 Å². The summed E-state index contributed by atoms with van der Waals surface area (Å²) in [5, 5.41) is 1.03. The van der Waals surface area contributed by atoms with Crippen LogP contribution in [0, 0.1) is 0 Å². The predicted octanol–water partition coefficient (Wildman–Crippen LogP) is 3.79. The van der Waals surface area contributed by atoms with Crippen LogP contribution in [0.4, 0.5) is 0 Å². The first-order valence-corrected chi connectivity index (χ1v) is 6.07. The average Bonchev–Trinajstić information content (AvgIpc) is 2.16. The lowest BCUT2D eigenvalue weighted by atomic mass is 10.1. The molecule has 0 N–H and O–H groups in total. The van der Waals surface area contributed by atoms with Gasteiger partial charge in [-0.2, -0.15) is 0 Å². The molecule has 0 radical (unpaired) electrons. The molecule has 0 saturated carbocycles. The average molecular weight is 308 g/mol. The van der Waals surface area contributed by atoms with E-state index in [1.165, 1.54) is 5.56 Å². The Kier molecular flexibility index (Phi) is 4.81. The minimum Gasteiger partial charge on any atom is -0.496 e. The van der Waals surface area contributed by atoms with Gasteiger partial charge >= 0.3 is 0 Å². The summed E-state index contributed by atoms with van der Waals surface area (Å²) >= 11 is 6.83. The Labute approximate surface area is 95.7 Å². The van der Waals surface area contributed by atoms with E-state index in [4.69, 9.17) is 4.74 Å². The maximum absolute atomic E-state index is 5.28. The maximum atomic E-state index is 5.28. The van der Waals surface area contributed by atoms with E-state index in [1.54, 1.807) is 7.11 Å². The van der Waals surface area contributed by atoms with Gasteiger partial charge in [-0.1, -0.05) is 37.9 Å². The number of hydrogen-bond donors (Lipinski definition) is 0. The zero-order chi connectivity index (χ0) is 9.68. The van der Waals surface area contributed by atoms with Crippen LogP contribution >= 0.6 is 31.9 Å². The Balaban J connectivity index is 2.79. The van der Waals surface area contributed by atoms with Crippen molar-refractivity contribution in [2.45, 2.75) is 12.8 Å². The van der Waals surface area contributed by atoms with Crippen LogP contribution in [-0.4, -0.2) is 12.4 Å². The molecule has 72 valence electrons. The predicted molar refractivity (Wildman–Crippen MR) is 62.8 cm³/mol. The Morgan fingerprint density at radius 1 is 1.38 bits per heavy atom. The lowest BCUT2D eigenvalue weighted by molar-refractivity contribution is 0.409. The van der Waals surface area contributed by atoms with Crippen LogP contribution in [-0.2, 0) is 6.42 Å². The van der Waals surface area contributed by atoms with Crippen molar-refractivity contribution in [1.82, 2.24) is 0 Å². The van der Waals surface area contributed by atoms with E-state index in [0.717, 1.165) is 28.4 Å². The zero-order valence-corrected chi connectivity index (χ0v) is 10.7. The van der Waals surface area contributed by atoms with E-state index in [1.807, 2.05) is 12.1 Å². The monoisotopic (exact) mass is 306 g/mol. The van der Waals surface area contributed by atoms with Crippen molar-refractivity contribution < 1.29 is 4.74 Å². The molecule has 1 aromatic rings. The van der Waals surface area contributed by atoms with E-state index in [9.17, 15) is 0 Å². The molecule has 0 unspecified atom stereocenters. The van der Waals surface area contributed by atoms with Crippen LogP contribution in [0.1, 0.15) is 12.0 Å². The Hall–Kier alpha value is -0.0200. The number of aryl methyl sites for hydroxylation is 1. The highest BCUT2D eigenvalue weighted by molar-refractivity contribution is 9.10. The van der Waals surface area contributed by atoms with Crippen LogP contribution in [0.5, 0.6) is 5.75 Å². The van der Waals surface area contributed by atoms with Crippen molar-refractivity contribution in [1.29, 1.82) is 0 Å². The van der Waals surface area contributed by atoms with Crippen LogP contribution in [0.3, 0.4) is 0 Å². The van der Waals surface area contributed by atoms with Crippen LogP contribution < -0.4 is 4.74 Å². The van der Waals surface area contributed by atoms with Crippen molar-refractivity contribution in [3.8, 4) is 5.75 Å². The zero-order valence-electron chi connectivity index (χ0n) is 7.52. The summed E-state index contributed by atoms with van der Waals surface area (Å²) in [7, 11) is 1.71. The molecule has 3 heteroatoms. The first-order valence-electron chi connectivity index (χ1n) is 4.16. The van der Waals surface area contributed by atoms with Gasteiger partial charge in [0.1, 0.15) is 5.75 Å². The number of ether oxygens (including phenoxy) is 1. The van der Waals surface area contributed by atoms with Crippen molar-refractivity contribution in [2.75, 3.05) is 12.4 Å². The molecule has 0 aromatic heterocycles. The number of hydrogen-bond acceptors (Lipinski definition) is 1. The van der Waals surface area contributed by atoms with Crippen molar-refractivity contribution >= 4 is 31.9 Å². The quantitative estimate of drug-likeness (QED) is 0.769. The highest BCUT2D eigenvalue weighted by Crippen LogP contribution is 2.24. The summed E-state index contributed by atoms with van der Waals surface area (Å²) in [5.74, 6) is 0.968. The van der Waals surface area contributed by atoms with Gasteiger partial charge in [0, 0.05) is 9.80 Å². The third-order valence-corrected chi connectivity index (χ3v) is 2.88. The Morgan fingerprint density at radius 2 is 2.15 bits per heavy atom. The molecular weight excluding hydrogens is 296 g/mol. The third-order valence-electron chi connectivity index (χ3n) is 1.83. The molecular formula is C10H12Br2O. The molecule has 0 saturated heterocycles. The van der Waals surface area contributed by atoms with E-state index < -0.39 is 0 Å². The van der Waals surface area contributed by atoms with Crippen LogP contribution in [0.15, 0.2) is 22.7 Å². The fourth-order valence-corrected chi connectivity index (χ4v) is 1.80. The van der Waals surface area contributed by atoms with Crippen molar-refractivity contribution in [3.63, 3.8) is 0 Å². The van der Waals surface area contributed by atoms with Crippen LogP contribution in [0.25, 0.3) is 0 Å². The summed E-state index contributed by atoms with van der Waals surface area (Å²) in [6.45, 7) is 0. The van der Waals surface area contributed by atoms with Gasteiger partial charge in [-0.25, -0.2) is 0 Å². The molecule has 0 aliphatic carbocycles. The summed E-state index contributed by atoms with van der Waals surface area (Å²) in [5.41, 5.74) is 1.27. The topological polar surface area (TPSA) is 9.23 Å². The summed E-state index contributed by atoms with van der Waals surface area (Å²) in [6.07, 6.45) is 2.19. The minimum atomic E-state index is 0.968. The second-order valence-electron chi connectivity index (χ2n) is 2.75. The smallest absolute Gasteiger partial charge is 0.123 e. The molecule has 0 bridgehead atoms. The summed E-state index contributed by atoms with van der Waals surface area (Å²) < 4.78 is 6.34. The Bertz CT molecular complexity index is 274. The minimum absolute atomic E-state index is 0.968. The van der Waals surface area contributed by atoms with Crippen molar-refractivity contribution in [2.24, 2.45) is 0 Å². The lowest BCUT2D eigenvalue weighted by Crippen LogP contribution is -1.92. The van der Waals surface area contributed by atoms with Gasteiger partial charge < -0.3 is 4.74 Å². The van der Waals surface area contributed by atoms with Gasteiger partial charge in [0.15, 0.2) is 0 Å². The number of rotatable bonds is 4. The van der Waals surface area contributed by atoms with Gasteiger partial charge in [0.25, 0.3) is 0 Å². The number of halogens is 2. The summed E-state index contributed by atoms with van der Waals surface area (Å²) in [4.78, 5) is 0. The SMILES string of the molecule is COc1cc(Br)ccc1CCCBr. The van der Waals surface area contributed by atoms with E-state index >= 15 is 0 Å². The molecule has 0 heterocycles. The van der Waals surface area contributed by atoms with Crippen molar-refractivity contribution in [3.05, 3.63) is 28.2 Å². The standard InChI is InChI=1S/C10H12Br2O/c1-13-10-7-9(12)5-4-8(10)3-2-6-11/h4-5,7H,2-3,6H2,1H3. The van der Waals surface area contributed by atoms with E-state index in [2.05, 4.69) is 37.9 Å².